The van der Waals surface area contributed by atoms with Gasteiger partial charge in [-0.25, -0.2) is 12.7 Å². The van der Waals surface area contributed by atoms with Gasteiger partial charge in [0, 0.05) is 13.1 Å². The molecule has 0 amide bonds. The molecular weight excluding hydrogens is 291 g/mol. The molecule has 2 heterocycles. The summed E-state index contributed by atoms with van der Waals surface area (Å²) in [5, 5.41) is 7.93. The molecule has 10 heteroatoms. The number of carboxylic acids is 1. The van der Waals surface area contributed by atoms with E-state index < -0.39 is 52.3 Å². The first-order valence-corrected chi connectivity index (χ1v) is 7.00. The Morgan fingerprint density at radius 1 is 1.26 bits per heavy atom. The van der Waals surface area contributed by atoms with Crippen molar-refractivity contribution in [1.29, 1.82) is 0 Å². The maximum absolute atomic E-state index is 12.7. The minimum atomic E-state index is -4.73. The normalized spacial score (nSPS) is 30.3. The second kappa shape index (κ2) is 4.60. The first-order valence-electron chi connectivity index (χ1n) is 5.50. The molecule has 0 saturated carbocycles. The molecule has 0 aromatic heterocycles. The first-order chi connectivity index (χ1) is 8.64. The Labute approximate surface area is 107 Å². The third-order valence-electron chi connectivity index (χ3n) is 3.41. The number of sulfonamides is 1. The standard InChI is InChI=1S/C9H12F3NO5S/c10-9(11,12)7-2-13(1-6(7)8(14)15)19(16,17)5-3-18-4-5/h5-7H,1-4H2,(H,14,15)/t6-,7-/m1/s1. The number of nitrogens with zero attached hydrogens (tertiary/aromatic N) is 1. The van der Waals surface area contributed by atoms with Gasteiger partial charge in [0.25, 0.3) is 0 Å². The zero-order chi connectivity index (χ0) is 14.4. The Kier molecular flexibility index (Phi) is 3.52. The molecule has 2 atom stereocenters. The van der Waals surface area contributed by atoms with Crippen molar-refractivity contribution in [1.82, 2.24) is 4.31 Å². The third kappa shape index (κ3) is 2.56. The summed E-state index contributed by atoms with van der Waals surface area (Å²) in [5.41, 5.74) is 0. The van der Waals surface area contributed by atoms with E-state index in [2.05, 4.69) is 0 Å². The highest BCUT2D eigenvalue weighted by molar-refractivity contribution is 7.89. The minimum absolute atomic E-state index is 0.0622. The summed E-state index contributed by atoms with van der Waals surface area (Å²) in [7, 11) is -3.92. The number of aliphatic carboxylic acids is 1. The van der Waals surface area contributed by atoms with Crippen LogP contribution >= 0.6 is 0 Å². The van der Waals surface area contributed by atoms with E-state index in [0.29, 0.717) is 4.31 Å². The van der Waals surface area contributed by atoms with Gasteiger partial charge in [-0.05, 0) is 0 Å². The van der Waals surface area contributed by atoms with Crippen molar-refractivity contribution in [2.45, 2.75) is 11.4 Å². The van der Waals surface area contributed by atoms with Crippen LogP contribution in [0.1, 0.15) is 0 Å². The maximum atomic E-state index is 12.7. The molecule has 2 aliphatic heterocycles. The zero-order valence-corrected chi connectivity index (χ0v) is 10.4. The lowest BCUT2D eigenvalue weighted by Crippen LogP contribution is -2.48. The molecule has 0 unspecified atom stereocenters. The molecule has 2 aliphatic rings. The van der Waals surface area contributed by atoms with Gasteiger partial charge in [-0.3, -0.25) is 4.79 Å². The topological polar surface area (TPSA) is 83.9 Å². The van der Waals surface area contributed by atoms with Gasteiger partial charge in [0.05, 0.1) is 25.0 Å². The molecule has 0 aromatic rings. The number of ether oxygens (including phenoxy) is 1. The number of hydrogen-bond acceptors (Lipinski definition) is 4. The zero-order valence-electron chi connectivity index (χ0n) is 9.63. The van der Waals surface area contributed by atoms with Gasteiger partial charge in [0.15, 0.2) is 0 Å². The predicted molar refractivity (Wildman–Crippen MR) is 55.8 cm³/mol. The number of hydrogen-bond donors (Lipinski definition) is 1. The van der Waals surface area contributed by atoms with E-state index in [9.17, 15) is 26.4 Å². The summed E-state index contributed by atoms with van der Waals surface area (Å²) in [6, 6.07) is 0. The third-order valence-corrected chi connectivity index (χ3v) is 5.55. The Bertz CT molecular complexity index is 473. The highest BCUT2D eigenvalue weighted by Gasteiger charge is 2.56. The summed E-state index contributed by atoms with van der Waals surface area (Å²) in [4.78, 5) is 10.8. The molecule has 1 N–H and O–H groups in total. The number of carboxylic acid groups (broad SMARTS) is 1. The smallest absolute Gasteiger partial charge is 0.393 e. The summed E-state index contributed by atoms with van der Waals surface area (Å²) in [6.07, 6.45) is -4.73. The molecule has 0 aliphatic carbocycles. The van der Waals surface area contributed by atoms with Gasteiger partial charge in [-0.15, -0.1) is 0 Å². The molecule has 19 heavy (non-hydrogen) atoms. The van der Waals surface area contributed by atoms with Crippen LogP contribution in [-0.4, -0.2) is 61.5 Å². The van der Waals surface area contributed by atoms with E-state index in [-0.39, 0.29) is 13.2 Å². The number of halogens is 3. The number of alkyl halides is 3. The lowest BCUT2D eigenvalue weighted by molar-refractivity contribution is -0.187. The molecule has 0 aromatic carbocycles. The van der Waals surface area contributed by atoms with Crippen LogP contribution in [0.3, 0.4) is 0 Å². The Balaban J connectivity index is 2.20. The molecule has 6 nitrogen and oxygen atoms in total. The van der Waals surface area contributed by atoms with Gasteiger partial charge in [0.2, 0.25) is 10.0 Å². The monoisotopic (exact) mass is 303 g/mol. The molecule has 0 radical (unpaired) electrons. The SMILES string of the molecule is O=C(O)[C@@H]1CN(S(=O)(=O)C2COC2)C[C@H]1C(F)(F)F. The van der Waals surface area contributed by atoms with Crippen molar-refractivity contribution in [3.8, 4) is 0 Å². The molecule has 110 valence electrons. The number of rotatable bonds is 3. The van der Waals surface area contributed by atoms with Crippen molar-refractivity contribution < 1.29 is 36.2 Å². The molecular formula is C9H12F3NO5S. The lowest BCUT2D eigenvalue weighted by Gasteiger charge is -2.30. The summed E-state index contributed by atoms with van der Waals surface area (Å²) >= 11 is 0. The van der Waals surface area contributed by atoms with Gasteiger partial charge < -0.3 is 9.84 Å². The van der Waals surface area contributed by atoms with Crippen LogP contribution in [-0.2, 0) is 19.6 Å². The second-order valence-corrected chi connectivity index (χ2v) is 6.83. The molecule has 2 fully saturated rings. The van der Waals surface area contributed by atoms with Crippen LogP contribution in [0, 0.1) is 11.8 Å². The van der Waals surface area contributed by atoms with E-state index in [1.54, 1.807) is 0 Å². The fourth-order valence-corrected chi connectivity index (χ4v) is 3.85. The lowest BCUT2D eigenvalue weighted by atomic mass is 9.96. The molecule has 2 saturated heterocycles. The quantitative estimate of drug-likeness (QED) is 0.788. The average Bonchev–Trinajstić information content (AvgIpc) is 2.57. The first kappa shape index (κ1) is 14.5. The second-order valence-electron chi connectivity index (χ2n) is 4.61. The minimum Gasteiger partial charge on any atom is -0.481 e. The van der Waals surface area contributed by atoms with Gasteiger partial charge in [-0.1, -0.05) is 0 Å². The van der Waals surface area contributed by atoms with Crippen LogP contribution in [0.4, 0.5) is 13.2 Å². The van der Waals surface area contributed by atoms with Crippen molar-refractivity contribution in [3.63, 3.8) is 0 Å². The van der Waals surface area contributed by atoms with E-state index in [4.69, 9.17) is 9.84 Å². The fraction of sp³-hybridized carbons (Fsp3) is 0.889. The van der Waals surface area contributed by atoms with Crippen LogP contribution in [0.25, 0.3) is 0 Å². The Morgan fingerprint density at radius 3 is 2.16 bits per heavy atom. The van der Waals surface area contributed by atoms with Crippen LogP contribution < -0.4 is 0 Å². The average molecular weight is 303 g/mol. The van der Waals surface area contributed by atoms with Crippen molar-refractivity contribution in [2.75, 3.05) is 26.3 Å². The summed E-state index contributed by atoms with van der Waals surface area (Å²) in [6.45, 7) is -1.60. The highest BCUT2D eigenvalue weighted by atomic mass is 32.2. The fourth-order valence-electron chi connectivity index (χ4n) is 2.15. The Hall–Kier alpha value is -0.870. The summed E-state index contributed by atoms with van der Waals surface area (Å²) in [5.74, 6) is -5.55. The molecule has 0 spiro atoms. The van der Waals surface area contributed by atoms with Gasteiger partial charge in [-0.2, -0.15) is 13.2 Å². The van der Waals surface area contributed by atoms with E-state index >= 15 is 0 Å². The number of carbonyl (C=O) groups is 1. The van der Waals surface area contributed by atoms with Crippen LogP contribution in [0.15, 0.2) is 0 Å². The summed E-state index contributed by atoms with van der Waals surface area (Å²) < 4.78 is 67.4. The van der Waals surface area contributed by atoms with Crippen molar-refractivity contribution in [2.24, 2.45) is 11.8 Å². The Morgan fingerprint density at radius 2 is 1.84 bits per heavy atom. The van der Waals surface area contributed by atoms with Crippen LogP contribution in [0.2, 0.25) is 0 Å². The van der Waals surface area contributed by atoms with Crippen molar-refractivity contribution >= 4 is 16.0 Å². The van der Waals surface area contributed by atoms with E-state index in [0.717, 1.165) is 0 Å². The van der Waals surface area contributed by atoms with E-state index in [1.165, 1.54) is 0 Å². The largest absolute Gasteiger partial charge is 0.481 e. The predicted octanol–water partition coefficient (Wildman–Crippen LogP) is -0.0901. The van der Waals surface area contributed by atoms with Crippen LogP contribution in [0.5, 0.6) is 0 Å². The highest BCUT2D eigenvalue weighted by Crippen LogP contribution is 2.39. The van der Waals surface area contributed by atoms with Gasteiger partial charge in [0.1, 0.15) is 5.25 Å². The molecule has 2 rings (SSSR count). The maximum Gasteiger partial charge on any atom is 0.393 e. The van der Waals surface area contributed by atoms with Crippen molar-refractivity contribution in [3.05, 3.63) is 0 Å². The molecule has 0 bridgehead atoms. The van der Waals surface area contributed by atoms with E-state index in [1.807, 2.05) is 0 Å². The van der Waals surface area contributed by atoms with Gasteiger partial charge >= 0.3 is 12.1 Å².